The van der Waals surface area contributed by atoms with Crippen LogP contribution in [-0.4, -0.2) is 13.2 Å². The summed E-state index contributed by atoms with van der Waals surface area (Å²) in [5.41, 5.74) is 6.35. The van der Waals surface area contributed by atoms with Gasteiger partial charge in [-0.15, -0.1) is 0 Å². The fraction of sp³-hybridized carbons (Fsp3) is 0.0714. The summed E-state index contributed by atoms with van der Waals surface area (Å²) in [5.74, 6) is 0.907. The topological polar surface area (TPSA) is 61.6 Å². The van der Waals surface area contributed by atoms with E-state index in [0.29, 0.717) is 32.7 Å². The minimum absolute atomic E-state index is 0.302. The first-order chi connectivity index (χ1) is 9.49. The standard InChI is InChI=1S/C14H11Cl2NO3/c1-19-11-2-3-13(20-14(17)18)12(7-11)8-4-9(15)6-10(16)5-8/h2-7H,1H3,(H2,17,18). The monoisotopic (exact) mass is 311 g/mol. The molecule has 20 heavy (non-hydrogen) atoms. The average Bonchev–Trinajstić information content (AvgIpc) is 2.37. The Morgan fingerprint density at radius 3 is 2.30 bits per heavy atom. The van der Waals surface area contributed by atoms with Gasteiger partial charge in [-0.25, -0.2) is 4.79 Å². The van der Waals surface area contributed by atoms with Crippen LogP contribution in [0.3, 0.4) is 0 Å². The van der Waals surface area contributed by atoms with Crippen molar-refractivity contribution in [1.29, 1.82) is 0 Å². The molecule has 0 unspecified atom stereocenters. The summed E-state index contributed by atoms with van der Waals surface area (Å²) in [7, 11) is 1.54. The number of hydrogen-bond donors (Lipinski definition) is 1. The number of carbonyl (C=O) groups is 1. The zero-order valence-electron chi connectivity index (χ0n) is 10.5. The number of amides is 1. The summed E-state index contributed by atoms with van der Waals surface area (Å²) in [6.45, 7) is 0. The van der Waals surface area contributed by atoms with Gasteiger partial charge in [0.05, 0.1) is 7.11 Å². The van der Waals surface area contributed by atoms with Crippen LogP contribution in [0, 0.1) is 0 Å². The minimum atomic E-state index is -0.899. The van der Waals surface area contributed by atoms with Crippen molar-refractivity contribution >= 4 is 29.3 Å². The van der Waals surface area contributed by atoms with E-state index in [1.54, 1.807) is 43.5 Å². The van der Waals surface area contributed by atoms with E-state index in [1.165, 1.54) is 0 Å². The Morgan fingerprint density at radius 2 is 1.75 bits per heavy atom. The maximum Gasteiger partial charge on any atom is 0.409 e. The number of rotatable bonds is 3. The molecule has 0 aliphatic rings. The van der Waals surface area contributed by atoms with Crippen LogP contribution < -0.4 is 15.2 Å². The lowest BCUT2D eigenvalue weighted by Gasteiger charge is -2.11. The molecule has 0 aromatic heterocycles. The molecule has 104 valence electrons. The van der Waals surface area contributed by atoms with E-state index in [-0.39, 0.29) is 0 Å². The third-order valence-corrected chi connectivity index (χ3v) is 3.01. The fourth-order valence-corrected chi connectivity index (χ4v) is 2.29. The molecule has 2 N–H and O–H groups in total. The molecule has 0 aliphatic heterocycles. The van der Waals surface area contributed by atoms with Gasteiger partial charge in [-0.2, -0.15) is 0 Å². The van der Waals surface area contributed by atoms with Gasteiger partial charge in [0.25, 0.3) is 0 Å². The van der Waals surface area contributed by atoms with Crippen molar-refractivity contribution in [3.8, 4) is 22.6 Å². The largest absolute Gasteiger partial charge is 0.497 e. The van der Waals surface area contributed by atoms with Gasteiger partial charge in [0.2, 0.25) is 0 Å². The van der Waals surface area contributed by atoms with E-state index in [2.05, 4.69) is 0 Å². The predicted octanol–water partition coefficient (Wildman–Crippen LogP) is 4.13. The molecule has 2 rings (SSSR count). The smallest absolute Gasteiger partial charge is 0.409 e. The van der Waals surface area contributed by atoms with Crippen LogP contribution in [0.25, 0.3) is 11.1 Å². The number of carbonyl (C=O) groups excluding carboxylic acids is 1. The van der Waals surface area contributed by atoms with Gasteiger partial charge < -0.3 is 15.2 Å². The van der Waals surface area contributed by atoms with Crippen LogP contribution in [-0.2, 0) is 0 Å². The Morgan fingerprint density at radius 1 is 1.10 bits per heavy atom. The maximum absolute atomic E-state index is 11.0. The second-order valence-electron chi connectivity index (χ2n) is 3.94. The quantitative estimate of drug-likeness (QED) is 0.927. The van der Waals surface area contributed by atoms with Crippen molar-refractivity contribution in [3.63, 3.8) is 0 Å². The molecule has 0 aliphatic carbocycles. The maximum atomic E-state index is 11.0. The zero-order valence-corrected chi connectivity index (χ0v) is 12.0. The van der Waals surface area contributed by atoms with E-state index in [9.17, 15) is 4.79 Å². The fourth-order valence-electron chi connectivity index (χ4n) is 1.77. The molecule has 2 aromatic rings. The summed E-state index contributed by atoms with van der Waals surface area (Å²) in [4.78, 5) is 11.0. The number of benzene rings is 2. The van der Waals surface area contributed by atoms with Crippen LogP contribution >= 0.6 is 23.2 Å². The molecule has 1 amide bonds. The van der Waals surface area contributed by atoms with Gasteiger partial charge in [0.1, 0.15) is 11.5 Å². The van der Waals surface area contributed by atoms with Gasteiger partial charge >= 0.3 is 6.09 Å². The number of methoxy groups -OCH3 is 1. The van der Waals surface area contributed by atoms with E-state index in [0.717, 1.165) is 0 Å². The summed E-state index contributed by atoms with van der Waals surface area (Å²) in [6, 6.07) is 9.98. The van der Waals surface area contributed by atoms with Crippen molar-refractivity contribution in [2.45, 2.75) is 0 Å². The number of hydrogen-bond acceptors (Lipinski definition) is 3. The Balaban J connectivity index is 2.59. The number of halogens is 2. The summed E-state index contributed by atoms with van der Waals surface area (Å²) < 4.78 is 10.1. The lowest BCUT2D eigenvalue weighted by atomic mass is 10.0. The van der Waals surface area contributed by atoms with Crippen molar-refractivity contribution in [2.24, 2.45) is 5.73 Å². The minimum Gasteiger partial charge on any atom is -0.497 e. The van der Waals surface area contributed by atoms with Gasteiger partial charge in [0, 0.05) is 15.6 Å². The van der Waals surface area contributed by atoms with Crippen LogP contribution in [0.5, 0.6) is 11.5 Å². The van der Waals surface area contributed by atoms with E-state index in [4.69, 9.17) is 38.4 Å². The second-order valence-corrected chi connectivity index (χ2v) is 4.81. The van der Waals surface area contributed by atoms with Gasteiger partial charge in [-0.3, -0.25) is 0 Å². The predicted molar refractivity (Wildman–Crippen MR) is 78.7 cm³/mol. The summed E-state index contributed by atoms with van der Waals surface area (Å²) in [6.07, 6.45) is -0.899. The highest BCUT2D eigenvalue weighted by atomic mass is 35.5. The van der Waals surface area contributed by atoms with Crippen molar-refractivity contribution in [3.05, 3.63) is 46.4 Å². The molecule has 0 saturated heterocycles. The highest BCUT2D eigenvalue weighted by Crippen LogP contribution is 2.36. The molecular weight excluding hydrogens is 301 g/mol. The SMILES string of the molecule is COc1ccc(OC(N)=O)c(-c2cc(Cl)cc(Cl)c2)c1. The average molecular weight is 312 g/mol. The Hall–Kier alpha value is -1.91. The van der Waals surface area contributed by atoms with Crippen LogP contribution in [0.2, 0.25) is 10.0 Å². The molecule has 0 fully saturated rings. The van der Waals surface area contributed by atoms with Crippen molar-refractivity contribution < 1.29 is 14.3 Å². The molecule has 0 atom stereocenters. The van der Waals surface area contributed by atoms with E-state index >= 15 is 0 Å². The molecular formula is C14H11Cl2NO3. The molecule has 0 saturated carbocycles. The summed E-state index contributed by atoms with van der Waals surface area (Å²) in [5, 5.41) is 0.945. The van der Waals surface area contributed by atoms with Gasteiger partial charge in [0.15, 0.2) is 0 Å². The number of primary amides is 1. The Kier molecular flexibility index (Phi) is 4.37. The van der Waals surface area contributed by atoms with E-state index in [1.807, 2.05) is 0 Å². The lowest BCUT2D eigenvalue weighted by molar-refractivity contribution is 0.211. The van der Waals surface area contributed by atoms with Gasteiger partial charge in [-0.05, 0) is 42.0 Å². The summed E-state index contributed by atoms with van der Waals surface area (Å²) >= 11 is 12.0. The number of nitrogens with two attached hydrogens (primary N) is 1. The van der Waals surface area contributed by atoms with Crippen molar-refractivity contribution in [1.82, 2.24) is 0 Å². The van der Waals surface area contributed by atoms with Crippen LogP contribution in [0.4, 0.5) is 4.79 Å². The molecule has 6 heteroatoms. The molecule has 2 aromatic carbocycles. The molecule has 0 heterocycles. The third-order valence-electron chi connectivity index (χ3n) is 2.57. The molecule has 0 radical (unpaired) electrons. The Bertz CT molecular complexity index is 639. The number of ether oxygens (including phenoxy) is 2. The van der Waals surface area contributed by atoms with Crippen molar-refractivity contribution in [2.75, 3.05) is 7.11 Å². The molecule has 0 spiro atoms. The van der Waals surface area contributed by atoms with Crippen LogP contribution in [0.15, 0.2) is 36.4 Å². The highest BCUT2D eigenvalue weighted by molar-refractivity contribution is 6.35. The lowest BCUT2D eigenvalue weighted by Crippen LogP contribution is -2.16. The first kappa shape index (κ1) is 14.5. The first-order valence-electron chi connectivity index (χ1n) is 5.61. The first-order valence-corrected chi connectivity index (χ1v) is 6.37. The second kappa shape index (κ2) is 6.03. The van der Waals surface area contributed by atoms with Crippen LogP contribution in [0.1, 0.15) is 0 Å². The Labute approximate surface area is 126 Å². The van der Waals surface area contributed by atoms with Gasteiger partial charge in [-0.1, -0.05) is 23.2 Å². The van der Waals surface area contributed by atoms with E-state index < -0.39 is 6.09 Å². The zero-order chi connectivity index (χ0) is 14.7. The molecule has 4 nitrogen and oxygen atoms in total. The normalized spacial score (nSPS) is 10.2. The molecule has 0 bridgehead atoms. The highest BCUT2D eigenvalue weighted by Gasteiger charge is 2.12. The third kappa shape index (κ3) is 3.35.